The molecule has 6 heterocycles. The number of piperidine rings is 2. The van der Waals surface area contributed by atoms with E-state index in [0.29, 0.717) is 82.4 Å². The average molecular weight is 1290 g/mol. The highest BCUT2D eigenvalue weighted by molar-refractivity contribution is 7.14. The van der Waals surface area contributed by atoms with Crippen LogP contribution in [0.3, 0.4) is 0 Å². The van der Waals surface area contributed by atoms with Gasteiger partial charge in [0.25, 0.3) is 23.6 Å². The third-order valence-corrected chi connectivity index (χ3v) is 18.3. The maximum Gasteiger partial charge on any atom is 0.298 e. The van der Waals surface area contributed by atoms with Crippen molar-refractivity contribution in [2.45, 2.75) is 63.5 Å². The maximum atomic E-state index is 12.1. The summed E-state index contributed by atoms with van der Waals surface area (Å²) in [7, 11) is 0. The number of nitrogens with zero attached hydrogens (tertiary/aromatic N) is 8. The van der Waals surface area contributed by atoms with Gasteiger partial charge in [-0.25, -0.2) is 4.98 Å². The van der Waals surface area contributed by atoms with Gasteiger partial charge in [0, 0.05) is 79.7 Å². The molecule has 1 spiro atoms. The van der Waals surface area contributed by atoms with Crippen molar-refractivity contribution in [3.8, 4) is 80.1 Å². The number of nitrogens with two attached hydrogens (primary N) is 3. The van der Waals surface area contributed by atoms with Gasteiger partial charge in [0.15, 0.2) is 0 Å². The number of primary amides is 3. The highest BCUT2D eigenvalue weighted by Gasteiger charge is 2.54. The molecule has 0 atom stereocenters. The number of carbonyl (C=O) groups excluding carboxylic acids is 6. The average Bonchev–Trinajstić information content (AvgIpc) is 1.59. The topological polar surface area (TPSA) is 266 Å². The molecule has 3 aromatic heterocycles. The van der Waals surface area contributed by atoms with Crippen molar-refractivity contribution in [1.82, 2.24) is 39.2 Å². The van der Waals surface area contributed by atoms with Crippen LogP contribution in [0.25, 0.3) is 33.8 Å². The van der Waals surface area contributed by atoms with Crippen LogP contribution in [0.4, 0.5) is 0 Å². The zero-order valence-electron chi connectivity index (χ0n) is 52.4. The van der Waals surface area contributed by atoms with E-state index in [2.05, 4.69) is 35.2 Å². The molecule has 95 heavy (non-hydrogen) atoms. The van der Waals surface area contributed by atoms with Crippen molar-refractivity contribution in [3.63, 3.8) is 0 Å². The number of aromatic nitrogens is 5. The largest absolute Gasteiger partial charge is 0.457 e. The van der Waals surface area contributed by atoms with Crippen molar-refractivity contribution in [1.29, 1.82) is 0 Å². The van der Waals surface area contributed by atoms with Gasteiger partial charge in [-0.2, -0.15) is 10.2 Å². The Morgan fingerprint density at radius 3 is 1.24 bits per heavy atom. The van der Waals surface area contributed by atoms with E-state index in [9.17, 15) is 28.8 Å². The molecular formula is C74H71N11O9S. The van der Waals surface area contributed by atoms with E-state index in [1.807, 2.05) is 169 Å². The van der Waals surface area contributed by atoms with Crippen molar-refractivity contribution in [2.75, 3.05) is 39.3 Å². The van der Waals surface area contributed by atoms with Gasteiger partial charge >= 0.3 is 0 Å². The maximum absolute atomic E-state index is 12.1. The number of rotatable bonds is 17. The summed E-state index contributed by atoms with van der Waals surface area (Å²) in [6.07, 6.45) is 11.0. The van der Waals surface area contributed by atoms with E-state index in [1.54, 1.807) is 38.5 Å². The number of hydrogen-bond donors (Lipinski definition) is 3. The van der Waals surface area contributed by atoms with Gasteiger partial charge in [0.05, 0.1) is 33.9 Å². The van der Waals surface area contributed by atoms with Crippen LogP contribution in [0, 0.1) is 17.3 Å². The number of carbonyl (C=O) groups is 6. The molecule has 20 nitrogen and oxygen atoms in total. The van der Waals surface area contributed by atoms with Crippen LogP contribution < -0.4 is 31.4 Å². The Kier molecular flexibility index (Phi) is 20.2. The van der Waals surface area contributed by atoms with Gasteiger partial charge in [-0.05, 0) is 173 Å². The third kappa shape index (κ3) is 15.6. The molecule has 9 aromatic rings. The van der Waals surface area contributed by atoms with Crippen LogP contribution in [0.2, 0.25) is 0 Å². The minimum absolute atomic E-state index is 0.00804. The Bertz CT molecular complexity index is 4300. The lowest BCUT2D eigenvalue weighted by atomic mass is 9.58. The highest BCUT2D eigenvalue weighted by Crippen LogP contribution is 2.57. The monoisotopic (exact) mass is 1290 g/mol. The number of likely N-dealkylation sites (tertiary alicyclic amines) is 3. The molecule has 1 saturated carbocycles. The van der Waals surface area contributed by atoms with Crippen LogP contribution in [0.15, 0.2) is 201 Å². The van der Waals surface area contributed by atoms with Gasteiger partial charge in [0.1, 0.15) is 50.8 Å². The van der Waals surface area contributed by atoms with E-state index in [0.717, 1.165) is 90.6 Å². The lowest BCUT2D eigenvalue weighted by Gasteiger charge is -2.58. The fraction of sp³-hybridized carbons (Fsp3) is 0.230. The summed E-state index contributed by atoms with van der Waals surface area (Å²) in [5, 5.41) is 10.3. The molecule has 4 fully saturated rings. The lowest BCUT2D eigenvalue weighted by Crippen LogP contribution is -2.62. The number of para-hydroxylation sites is 3. The molecule has 0 bridgehead atoms. The molecule has 6 amide bonds. The van der Waals surface area contributed by atoms with Crippen molar-refractivity contribution >= 4 is 46.8 Å². The number of thiazole rings is 1. The van der Waals surface area contributed by atoms with Crippen molar-refractivity contribution in [2.24, 2.45) is 22.6 Å². The van der Waals surface area contributed by atoms with Gasteiger partial charge in [0.2, 0.25) is 11.8 Å². The van der Waals surface area contributed by atoms with Gasteiger partial charge in [-0.1, -0.05) is 73.7 Å². The molecule has 482 valence electrons. The molecular weight excluding hydrogens is 1220 g/mol. The first-order chi connectivity index (χ1) is 46.1. The smallest absolute Gasteiger partial charge is 0.298 e. The summed E-state index contributed by atoms with van der Waals surface area (Å²) in [6, 6.07) is 51.1. The van der Waals surface area contributed by atoms with E-state index in [4.69, 9.17) is 36.4 Å². The van der Waals surface area contributed by atoms with Gasteiger partial charge < -0.3 is 46.1 Å². The molecule has 21 heteroatoms. The predicted octanol–water partition coefficient (Wildman–Crippen LogP) is 12.0. The Morgan fingerprint density at radius 1 is 0.505 bits per heavy atom. The predicted molar refractivity (Wildman–Crippen MR) is 363 cm³/mol. The molecule has 1 aliphatic carbocycles. The zero-order chi connectivity index (χ0) is 66.6. The fourth-order valence-corrected chi connectivity index (χ4v) is 13.2. The Morgan fingerprint density at radius 2 is 0.874 bits per heavy atom. The second kappa shape index (κ2) is 29.5. The Balaban J connectivity index is 0.000000145. The molecule has 0 radical (unpaired) electrons. The van der Waals surface area contributed by atoms with E-state index >= 15 is 0 Å². The molecule has 6 aromatic carbocycles. The summed E-state index contributed by atoms with van der Waals surface area (Å²) < 4.78 is 21.1. The summed E-state index contributed by atoms with van der Waals surface area (Å²) in [4.78, 5) is 82.4. The SMILES string of the molecule is C=CC(=O)N1CC2(CC(c3nc(-c4ccc(Oc5ccccc5)cc4)c(C(N)=O)s3)C2)C1.C=CC(=O)N1CCC(n2cc(C(N)=O)c(-c3ccc(Oc4ccccc4)cc3)n2)CC1.CC#CC(=O)N1CCC(n2cc(C(N)=O)c(-c3ccc(Oc4ccccc4)cc3)n2)CC1. The first-order valence-corrected chi connectivity index (χ1v) is 32.0. The van der Waals surface area contributed by atoms with Crippen LogP contribution in [-0.2, 0) is 14.4 Å². The van der Waals surface area contributed by atoms with E-state index in [-0.39, 0.29) is 35.2 Å². The summed E-state index contributed by atoms with van der Waals surface area (Å²) in [5.41, 5.74) is 22.0. The minimum Gasteiger partial charge on any atom is -0.457 e. The molecule has 3 aliphatic heterocycles. The Hall–Kier alpha value is -11.4. The molecule has 3 saturated heterocycles. The first kappa shape index (κ1) is 65.1. The summed E-state index contributed by atoms with van der Waals surface area (Å²) in [6.45, 7) is 12.8. The normalized spacial score (nSPS) is 15.0. The molecule has 4 aliphatic rings. The summed E-state index contributed by atoms with van der Waals surface area (Å²) >= 11 is 1.39. The second-order valence-corrected chi connectivity index (χ2v) is 24.6. The molecule has 13 rings (SSSR count). The molecule has 6 N–H and O–H groups in total. The standard InChI is InChI=1S/C25H24N4O3.C25H23N3O3S.C24H24N4O3/c1-2-6-23(30)28-15-13-19(14-16-28)29-17-22(25(26)31)24(27-29)18-9-11-21(12-10-18)32-20-7-4-3-5-8-20;1-2-20(29)28-14-25(15-28)12-17(13-25)24-27-21(22(32-24)23(26)30)16-8-10-19(11-9-16)31-18-6-4-3-5-7-18;1-2-22(29)27-14-12-18(13-15-27)28-16-21(24(25)30)23(26-28)17-8-10-20(11-9-17)31-19-6-4-3-5-7-19/h3-5,7-12,17,19H,13-16H2,1H3,(H2,26,31);2-11,17H,1,12-15H2,(H2,26,30);2-11,16,18H,1,12-15H2,(H2,25,30). The summed E-state index contributed by atoms with van der Waals surface area (Å²) in [5.74, 6) is 8.14. The van der Waals surface area contributed by atoms with Crippen LogP contribution >= 0.6 is 11.3 Å². The van der Waals surface area contributed by atoms with Crippen LogP contribution in [-0.4, -0.2) is 114 Å². The Labute approximate surface area is 554 Å². The van der Waals surface area contributed by atoms with Crippen LogP contribution in [0.1, 0.15) is 98.8 Å². The number of ether oxygens (including phenoxy) is 3. The number of amides is 6. The fourth-order valence-electron chi connectivity index (χ4n) is 12.2. The van der Waals surface area contributed by atoms with Crippen molar-refractivity contribution in [3.05, 3.63) is 223 Å². The zero-order valence-corrected chi connectivity index (χ0v) is 53.2. The highest BCUT2D eigenvalue weighted by atomic mass is 32.1. The van der Waals surface area contributed by atoms with E-state index in [1.165, 1.54) is 23.5 Å². The number of hydrogen-bond acceptors (Lipinski definition) is 13. The van der Waals surface area contributed by atoms with Crippen LogP contribution in [0.5, 0.6) is 34.5 Å². The van der Waals surface area contributed by atoms with Gasteiger partial charge in [-0.3, -0.25) is 38.1 Å². The van der Waals surface area contributed by atoms with E-state index < -0.39 is 17.7 Å². The number of benzene rings is 6. The minimum atomic E-state index is -0.526. The quantitative estimate of drug-likeness (QED) is 0.0567. The lowest BCUT2D eigenvalue weighted by molar-refractivity contribution is -0.146. The van der Waals surface area contributed by atoms with Gasteiger partial charge in [-0.15, -0.1) is 11.3 Å². The molecule has 0 unspecified atom stereocenters. The first-order valence-electron chi connectivity index (χ1n) is 31.2. The van der Waals surface area contributed by atoms with Crippen molar-refractivity contribution < 1.29 is 43.0 Å². The third-order valence-electron chi connectivity index (χ3n) is 17.1. The second-order valence-electron chi connectivity index (χ2n) is 23.5.